The molecule has 1 aliphatic heterocycles. The second-order valence-corrected chi connectivity index (χ2v) is 4.62. The molecular formula is C13H16F2N2O. The number of likely N-dealkylation sites (tertiary alicyclic amines) is 1. The molecule has 5 heteroatoms. The molecule has 2 N–H and O–H groups in total. The zero-order valence-corrected chi connectivity index (χ0v) is 10.1. The predicted molar refractivity (Wildman–Crippen MR) is 64.1 cm³/mol. The van der Waals surface area contributed by atoms with E-state index in [0.717, 1.165) is 5.56 Å². The average Bonchev–Trinajstić information content (AvgIpc) is 2.35. The van der Waals surface area contributed by atoms with E-state index in [2.05, 4.69) is 0 Å². The van der Waals surface area contributed by atoms with Crippen molar-refractivity contribution in [3.63, 3.8) is 0 Å². The first kappa shape index (κ1) is 13.0. The van der Waals surface area contributed by atoms with Gasteiger partial charge in [-0.15, -0.1) is 0 Å². The molecule has 1 aromatic carbocycles. The molecule has 1 fully saturated rings. The van der Waals surface area contributed by atoms with Gasteiger partial charge >= 0.3 is 0 Å². The van der Waals surface area contributed by atoms with Crippen LogP contribution in [-0.4, -0.2) is 23.9 Å². The number of benzene rings is 1. The SMILES string of the molecule is CN1C(=O)CCC(N)C1c1ccc(C(F)F)cc1. The maximum Gasteiger partial charge on any atom is 0.263 e. The Bertz CT molecular complexity index is 433. The summed E-state index contributed by atoms with van der Waals surface area (Å²) < 4.78 is 24.9. The van der Waals surface area contributed by atoms with Gasteiger partial charge in [0.05, 0.1) is 6.04 Å². The Morgan fingerprint density at radius 2 is 1.94 bits per heavy atom. The molecule has 2 rings (SSSR count). The van der Waals surface area contributed by atoms with Crippen LogP contribution in [0.4, 0.5) is 8.78 Å². The molecule has 1 heterocycles. The van der Waals surface area contributed by atoms with Gasteiger partial charge in [0.1, 0.15) is 0 Å². The van der Waals surface area contributed by atoms with Gasteiger partial charge in [0.25, 0.3) is 6.43 Å². The third-order valence-corrected chi connectivity index (χ3v) is 3.44. The minimum atomic E-state index is -2.47. The highest BCUT2D eigenvalue weighted by Gasteiger charge is 2.32. The molecule has 0 aliphatic carbocycles. The van der Waals surface area contributed by atoms with Gasteiger partial charge in [0.15, 0.2) is 0 Å². The van der Waals surface area contributed by atoms with Crippen LogP contribution in [0.5, 0.6) is 0 Å². The molecule has 1 aliphatic rings. The summed E-state index contributed by atoms with van der Waals surface area (Å²) in [7, 11) is 1.70. The lowest BCUT2D eigenvalue weighted by atomic mass is 9.90. The lowest BCUT2D eigenvalue weighted by Gasteiger charge is -2.37. The topological polar surface area (TPSA) is 46.3 Å². The minimum Gasteiger partial charge on any atom is -0.337 e. The summed E-state index contributed by atoms with van der Waals surface area (Å²) in [5.74, 6) is 0.0413. The molecule has 2 atom stereocenters. The standard InChI is InChI=1S/C13H16F2N2O/c1-17-11(18)7-6-10(16)12(17)8-2-4-9(5-3-8)13(14)15/h2-5,10,12-13H,6-7,16H2,1H3. The third-order valence-electron chi connectivity index (χ3n) is 3.44. The number of alkyl halides is 2. The lowest BCUT2D eigenvalue weighted by molar-refractivity contribution is -0.135. The Morgan fingerprint density at radius 1 is 1.33 bits per heavy atom. The van der Waals surface area contributed by atoms with Gasteiger partial charge < -0.3 is 10.6 Å². The van der Waals surface area contributed by atoms with E-state index in [1.54, 1.807) is 24.1 Å². The van der Waals surface area contributed by atoms with E-state index in [1.165, 1.54) is 12.1 Å². The third kappa shape index (κ3) is 2.36. The predicted octanol–water partition coefficient (Wildman–Crippen LogP) is 2.24. The van der Waals surface area contributed by atoms with Gasteiger partial charge in [-0.1, -0.05) is 24.3 Å². The van der Waals surface area contributed by atoms with Crippen LogP contribution in [0.2, 0.25) is 0 Å². The molecular weight excluding hydrogens is 238 g/mol. The van der Waals surface area contributed by atoms with Gasteiger partial charge in [-0.2, -0.15) is 0 Å². The smallest absolute Gasteiger partial charge is 0.263 e. The number of nitrogens with two attached hydrogens (primary N) is 1. The number of halogens is 2. The minimum absolute atomic E-state index is 0.0166. The molecule has 0 spiro atoms. The fourth-order valence-electron chi connectivity index (χ4n) is 2.38. The van der Waals surface area contributed by atoms with Gasteiger partial charge in [0.2, 0.25) is 5.91 Å². The van der Waals surface area contributed by atoms with Crippen molar-refractivity contribution < 1.29 is 13.6 Å². The molecule has 1 aromatic rings. The molecule has 0 radical (unpaired) electrons. The molecule has 1 amide bonds. The molecule has 1 saturated heterocycles. The number of hydrogen-bond acceptors (Lipinski definition) is 2. The Kier molecular flexibility index (Phi) is 3.61. The molecule has 0 saturated carbocycles. The fourth-order valence-corrected chi connectivity index (χ4v) is 2.38. The summed E-state index contributed by atoms with van der Waals surface area (Å²) >= 11 is 0. The molecule has 0 bridgehead atoms. The maximum absolute atomic E-state index is 12.5. The molecule has 3 nitrogen and oxygen atoms in total. The van der Waals surface area contributed by atoms with Gasteiger partial charge in [-0.05, 0) is 12.0 Å². The van der Waals surface area contributed by atoms with Crippen LogP contribution >= 0.6 is 0 Å². The van der Waals surface area contributed by atoms with Crippen LogP contribution in [0.3, 0.4) is 0 Å². The van der Waals surface area contributed by atoms with Gasteiger partial charge in [-0.25, -0.2) is 8.78 Å². The van der Waals surface area contributed by atoms with E-state index in [-0.39, 0.29) is 23.6 Å². The first-order chi connectivity index (χ1) is 8.50. The van der Waals surface area contributed by atoms with Crippen molar-refractivity contribution in [1.82, 2.24) is 4.90 Å². The lowest BCUT2D eigenvalue weighted by Crippen LogP contribution is -2.46. The van der Waals surface area contributed by atoms with Crippen molar-refractivity contribution in [2.75, 3.05) is 7.05 Å². The summed E-state index contributed by atoms with van der Waals surface area (Å²) in [6, 6.07) is 5.66. The normalized spacial score (nSPS) is 24.7. The first-order valence-electron chi connectivity index (χ1n) is 5.90. The monoisotopic (exact) mass is 254 g/mol. The van der Waals surface area contributed by atoms with E-state index in [0.29, 0.717) is 12.8 Å². The Hall–Kier alpha value is -1.49. The van der Waals surface area contributed by atoms with Crippen molar-refractivity contribution >= 4 is 5.91 Å². The molecule has 0 aromatic heterocycles. The van der Waals surface area contributed by atoms with E-state index < -0.39 is 6.43 Å². The van der Waals surface area contributed by atoms with Crippen LogP contribution in [0.15, 0.2) is 24.3 Å². The Balaban J connectivity index is 2.26. The van der Waals surface area contributed by atoms with Gasteiger partial charge in [-0.3, -0.25) is 4.79 Å². The zero-order chi connectivity index (χ0) is 13.3. The largest absolute Gasteiger partial charge is 0.337 e. The molecule has 2 unspecified atom stereocenters. The van der Waals surface area contributed by atoms with Crippen molar-refractivity contribution in [3.05, 3.63) is 35.4 Å². The fraction of sp³-hybridized carbons (Fsp3) is 0.462. The van der Waals surface area contributed by atoms with Crippen LogP contribution < -0.4 is 5.73 Å². The quantitative estimate of drug-likeness (QED) is 0.879. The van der Waals surface area contributed by atoms with E-state index in [9.17, 15) is 13.6 Å². The average molecular weight is 254 g/mol. The summed E-state index contributed by atoms with van der Waals surface area (Å²) in [6.45, 7) is 0. The van der Waals surface area contributed by atoms with Crippen LogP contribution in [-0.2, 0) is 4.79 Å². The second-order valence-electron chi connectivity index (χ2n) is 4.62. The highest BCUT2D eigenvalue weighted by atomic mass is 19.3. The number of amides is 1. The highest BCUT2D eigenvalue weighted by Crippen LogP contribution is 2.30. The second kappa shape index (κ2) is 5.02. The van der Waals surface area contributed by atoms with E-state index >= 15 is 0 Å². The number of carbonyl (C=O) groups is 1. The van der Waals surface area contributed by atoms with Crippen molar-refractivity contribution in [2.45, 2.75) is 31.4 Å². The number of hydrogen-bond donors (Lipinski definition) is 1. The number of carbonyl (C=O) groups excluding carboxylic acids is 1. The van der Waals surface area contributed by atoms with Crippen molar-refractivity contribution in [1.29, 1.82) is 0 Å². The summed E-state index contributed by atoms with van der Waals surface area (Å²) in [5.41, 5.74) is 6.81. The summed E-state index contributed by atoms with van der Waals surface area (Å²) in [4.78, 5) is 13.3. The van der Waals surface area contributed by atoms with Crippen LogP contribution in [0.1, 0.15) is 36.4 Å². The molecule has 18 heavy (non-hydrogen) atoms. The van der Waals surface area contributed by atoms with Crippen LogP contribution in [0, 0.1) is 0 Å². The number of nitrogens with zero attached hydrogens (tertiary/aromatic N) is 1. The maximum atomic E-state index is 12.5. The summed E-state index contributed by atoms with van der Waals surface area (Å²) in [6.07, 6.45) is -1.40. The highest BCUT2D eigenvalue weighted by molar-refractivity contribution is 5.77. The van der Waals surface area contributed by atoms with Crippen molar-refractivity contribution in [3.8, 4) is 0 Å². The summed E-state index contributed by atoms with van der Waals surface area (Å²) in [5, 5.41) is 0. The number of likely N-dealkylation sites (N-methyl/N-ethyl adjacent to an activating group) is 1. The Morgan fingerprint density at radius 3 is 2.50 bits per heavy atom. The van der Waals surface area contributed by atoms with E-state index in [1.807, 2.05) is 0 Å². The Labute approximate surface area is 105 Å². The van der Waals surface area contributed by atoms with Crippen LogP contribution in [0.25, 0.3) is 0 Å². The van der Waals surface area contributed by atoms with Gasteiger partial charge in [0, 0.05) is 25.1 Å². The zero-order valence-electron chi connectivity index (χ0n) is 10.1. The first-order valence-corrected chi connectivity index (χ1v) is 5.90. The van der Waals surface area contributed by atoms with E-state index in [4.69, 9.17) is 5.73 Å². The number of piperidine rings is 1. The number of rotatable bonds is 2. The van der Waals surface area contributed by atoms with Crippen molar-refractivity contribution in [2.24, 2.45) is 5.73 Å². The molecule has 98 valence electrons.